The van der Waals surface area contributed by atoms with Crippen LogP contribution >= 0.6 is 0 Å². The molecule has 2 amide bonds. The summed E-state index contributed by atoms with van der Waals surface area (Å²) in [6.45, 7) is 7.98. The zero-order valence-electron chi connectivity index (χ0n) is 13.9. The van der Waals surface area contributed by atoms with Gasteiger partial charge in [0.05, 0.1) is 0 Å². The molecule has 4 heteroatoms. The monoisotopic (exact) mass is 310 g/mol. The molecular weight excluding hydrogens is 288 g/mol. The maximum absolute atomic E-state index is 12.2. The van der Waals surface area contributed by atoms with Crippen LogP contribution in [0.25, 0.3) is 0 Å². The van der Waals surface area contributed by atoms with Crippen LogP contribution < -0.4 is 10.6 Å². The van der Waals surface area contributed by atoms with Crippen molar-refractivity contribution in [3.05, 3.63) is 59.2 Å². The van der Waals surface area contributed by atoms with Crippen LogP contribution in [-0.4, -0.2) is 11.8 Å². The summed E-state index contributed by atoms with van der Waals surface area (Å²) < 4.78 is 0. The first-order valence-electron chi connectivity index (χ1n) is 7.67. The van der Waals surface area contributed by atoms with Gasteiger partial charge in [-0.1, -0.05) is 49.7 Å². The third-order valence-electron chi connectivity index (χ3n) is 3.68. The lowest BCUT2D eigenvalue weighted by Gasteiger charge is -2.16. The number of anilines is 2. The molecule has 0 unspecified atom stereocenters. The number of hydrogen-bond acceptors (Lipinski definition) is 2. The molecule has 0 bridgehead atoms. The van der Waals surface area contributed by atoms with Gasteiger partial charge in [0.1, 0.15) is 0 Å². The quantitative estimate of drug-likeness (QED) is 0.842. The normalized spacial score (nSPS) is 10.5. The maximum atomic E-state index is 12.2. The Balaban J connectivity index is 2.13. The summed E-state index contributed by atoms with van der Waals surface area (Å²) in [6, 6.07) is 13.1. The van der Waals surface area contributed by atoms with E-state index >= 15 is 0 Å². The number of nitrogens with one attached hydrogen (secondary N) is 2. The fourth-order valence-corrected chi connectivity index (χ4v) is 2.34. The molecule has 0 aliphatic rings. The van der Waals surface area contributed by atoms with E-state index in [0.717, 1.165) is 16.7 Å². The number of hydrogen-bond donors (Lipinski definition) is 2. The molecule has 2 rings (SSSR count). The van der Waals surface area contributed by atoms with Gasteiger partial charge in [-0.25, -0.2) is 0 Å². The second-order valence-electron chi connectivity index (χ2n) is 5.97. The second kappa shape index (κ2) is 7.09. The van der Waals surface area contributed by atoms with E-state index in [9.17, 15) is 9.59 Å². The van der Waals surface area contributed by atoms with Gasteiger partial charge in [-0.2, -0.15) is 0 Å². The molecule has 0 fully saturated rings. The van der Waals surface area contributed by atoms with Crippen LogP contribution in [0.3, 0.4) is 0 Å². The Morgan fingerprint density at radius 2 is 1.48 bits per heavy atom. The Hall–Kier alpha value is -2.62. The minimum atomic E-state index is -0.674. The van der Waals surface area contributed by atoms with E-state index < -0.39 is 11.8 Å². The number of carbonyl (C=O) groups excluding carboxylic acids is 2. The SMILES string of the molecule is Cc1ccc(NC(=O)C(=O)Nc2c(C)cccc2C(C)C)cc1. The van der Waals surface area contributed by atoms with Crippen molar-refractivity contribution >= 4 is 23.2 Å². The van der Waals surface area contributed by atoms with Crippen molar-refractivity contribution in [2.24, 2.45) is 0 Å². The predicted molar refractivity (Wildman–Crippen MR) is 93.7 cm³/mol. The second-order valence-corrected chi connectivity index (χ2v) is 5.97. The number of carbonyl (C=O) groups is 2. The van der Waals surface area contributed by atoms with E-state index in [2.05, 4.69) is 24.5 Å². The first kappa shape index (κ1) is 16.7. The molecular formula is C19H22N2O2. The van der Waals surface area contributed by atoms with Crippen molar-refractivity contribution in [2.45, 2.75) is 33.6 Å². The van der Waals surface area contributed by atoms with Gasteiger partial charge in [0.15, 0.2) is 0 Å². The van der Waals surface area contributed by atoms with Gasteiger partial charge in [-0.15, -0.1) is 0 Å². The Kier molecular flexibility index (Phi) is 5.16. The summed E-state index contributed by atoms with van der Waals surface area (Å²) in [5.74, 6) is -1.08. The molecule has 4 nitrogen and oxygen atoms in total. The van der Waals surface area contributed by atoms with Gasteiger partial charge >= 0.3 is 11.8 Å². The van der Waals surface area contributed by atoms with Gasteiger partial charge in [-0.3, -0.25) is 9.59 Å². The highest BCUT2D eigenvalue weighted by Crippen LogP contribution is 2.27. The average molecular weight is 310 g/mol. The van der Waals surface area contributed by atoms with Crippen LogP contribution in [0.2, 0.25) is 0 Å². The molecule has 0 spiro atoms. The van der Waals surface area contributed by atoms with Crippen LogP contribution in [0.15, 0.2) is 42.5 Å². The van der Waals surface area contributed by atoms with Crippen molar-refractivity contribution in [1.82, 2.24) is 0 Å². The minimum absolute atomic E-state index is 0.255. The topological polar surface area (TPSA) is 58.2 Å². The molecule has 0 aromatic heterocycles. The summed E-state index contributed by atoms with van der Waals surface area (Å²) in [5.41, 5.74) is 4.36. The van der Waals surface area contributed by atoms with Crippen molar-refractivity contribution in [1.29, 1.82) is 0 Å². The number of amides is 2. The lowest BCUT2D eigenvalue weighted by atomic mass is 9.98. The zero-order valence-corrected chi connectivity index (χ0v) is 13.9. The van der Waals surface area contributed by atoms with E-state index in [1.807, 2.05) is 44.2 Å². The van der Waals surface area contributed by atoms with Crippen molar-refractivity contribution in [3.63, 3.8) is 0 Å². The minimum Gasteiger partial charge on any atom is -0.318 e. The molecule has 0 aliphatic carbocycles. The van der Waals surface area contributed by atoms with Crippen molar-refractivity contribution in [2.75, 3.05) is 10.6 Å². The standard InChI is InChI=1S/C19H22N2O2/c1-12(2)16-7-5-6-14(4)17(16)21-19(23)18(22)20-15-10-8-13(3)9-11-15/h5-12H,1-4H3,(H,20,22)(H,21,23). The number of benzene rings is 2. The van der Waals surface area contributed by atoms with E-state index in [0.29, 0.717) is 11.4 Å². The molecule has 0 radical (unpaired) electrons. The van der Waals surface area contributed by atoms with Crippen molar-refractivity contribution in [3.8, 4) is 0 Å². The highest BCUT2D eigenvalue weighted by atomic mass is 16.2. The molecule has 2 aromatic rings. The first-order valence-corrected chi connectivity index (χ1v) is 7.67. The highest BCUT2D eigenvalue weighted by molar-refractivity contribution is 6.43. The largest absolute Gasteiger partial charge is 0.318 e. The fraction of sp³-hybridized carbons (Fsp3) is 0.263. The summed E-state index contributed by atoms with van der Waals surface area (Å²) in [5, 5.41) is 5.35. The number of aryl methyl sites for hydroxylation is 2. The highest BCUT2D eigenvalue weighted by Gasteiger charge is 2.17. The van der Waals surface area contributed by atoms with E-state index in [-0.39, 0.29) is 5.92 Å². The molecule has 120 valence electrons. The Labute approximate surface area is 136 Å². The van der Waals surface area contributed by atoms with Gasteiger partial charge in [-0.05, 0) is 43.0 Å². The summed E-state index contributed by atoms with van der Waals surface area (Å²) in [4.78, 5) is 24.3. The third kappa shape index (κ3) is 4.19. The van der Waals surface area contributed by atoms with Gasteiger partial charge in [0.2, 0.25) is 0 Å². The lowest BCUT2D eigenvalue weighted by molar-refractivity contribution is -0.133. The zero-order chi connectivity index (χ0) is 17.0. The molecule has 0 saturated heterocycles. The average Bonchev–Trinajstić information content (AvgIpc) is 2.51. The summed E-state index contributed by atoms with van der Waals surface area (Å²) in [7, 11) is 0. The fourth-order valence-electron chi connectivity index (χ4n) is 2.34. The van der Waals surface area contributed by atoms with Crippen LogP contribution in [-0.2, 0) is 9.59 Å². The van der Waals surface area contributed by atoms with Crippen molar-refractivity contribution < 1.29 is 9.59 Å². The molecule has 0 heterocycles. The van der Waals surface area contributed by atoms with Crippen LogP contribution in [0.1, 0.15) is 36.5 Å². The molecule has 0 saturated carbocycles. The van der Waals surface area contributed by atoms with E-state index in [4.69, 9.17) is 0 Å². The summed E-state index contributed by atoms with van der Waals surface area (Å²) >= 11 is 0. The molecule has 2 N–H and O–H groups in total. The van der Waals surface area contributed by atoms with Crippen LogP contribution in [0.4, 0.5) is 11.4 Å². The van der Waals surface area contributed by atoms with E-state index in [1.54, 1.807) is 12.1 Å². The molecule has 0 atom stereocenters. The van der Waals surface area contributed by atoms with E-state index in [1.165, 1.54) is 0 Å². The maximum Gasteiger partial charge on any atom is 0.314 e. The Morgan fingerprint density at radius 3 is 2.09 bits per heavy atom. The lowest BCUT2D eigenvalue weighted by Crippen LogP contribution is -2.29. The Bertz CT molecular complexity index is 719. The summed E-state index contributed by atoms with van der Waals surface area (Å²) in [6.07, 6.45) is 0. The van der Waals surface area contributed by atoms with Gasteiger partial charge in [0, 0.05) is 11.4 Å². The van der Waals surface area contributed by atoms with Gasteiger partial charge < -0.3 is 10.6 Å². The molecule has 2 aromatic carbocycles. The molecule has 23 heavy (non-hydrogen) atoms. The predicted octanol–water partition coefficient (Wildman–Crippen LogP) is 4.00. The smallest absolute Gasteiger partial charge is 0.314 e. The first-order chi connectivity index (χ1) is 10.9. The van der Waals surface area contributed by atoms with Crippen LogP contribution in [0.5, 0.6) is 0 Å². The van der Waals surface area contributed by atoms with Gasteiger partial charge in [0.25, 0.3) is 0 Å². The van der Waals surface area contributed by atoms with Crippen LogP contribution in [0, 0.1) is 13.8 Å². The number of para-hydroxylation sites is 1. The molecule has 0 aliphatic heterocycles. The number of rotatable bonds is 3. The Morgan fingerprint density at radius 1 is 0.870 bits per heavy atom. The third-order valence-corrected chi connectivity index (χ3v) is 3.68.